The Morgan fingerprint density at radius 2 is 2.25 bits per heavy atom. The van der Waals surface area contributed by atoms with Crippen LogP contribution in [0.15, 0.2) is 0 Å². The molecule has 16 heavy (non-hydrogen) atoms. The lowest BCUT2D eigenvalue weighted by atomic mass is 10.1. The Labute approximate surface area is 103 Å². The number of thiocarbonyl (C=S) groups is 1. The maximum atomic E-state index is 12.0. The lowest BCUT2D eigenvalue weighted by Crippen LogP contribution is -2.53. The summed E-state index contributed by atoms with van der Waals surface area (Å²) in [6, 6.07) is -0.321. The van der Waals surface area contributed by atoms with Crippen molar-refractivity contribution in [3.05, 3.63) is 0 Å². The first-order chi connectivity index (χ1) is 7.49. The zero-order chi connectivity index (χ0) is 12.2. The second-order valence-electron chi connectivity index (χ2n) is 3.92. The van der Waals surface area contributed by atoms with E-state index >= 15 is 0 Å². The van der Waals surface area contributed by atoms with E-state index in [2.05, 4.69) is 4.72 Å². The standard InChI is InChI=1S/C9H19N3O2S2/c1-2-6-11-16(13,14)12-7-4-3-5-8(12)9(10)15/h8,11H,2-7H2,1H3,(H2,10,15). The van der Waals surface area contributed by atoms with Crippen LogP contribution in [-0.2, 0) is 10.2 Å². The summed E-state index contributed by atoms with van der Waals surface area (Å²) in [5.41, 5.74) is 5.58. The highest BCUT2D eigenvalue weighted by Gasteiger charge is 2.33. The van der Waals surface area contributed by atoms with Crippen LogP contribution in [0, 0.1) is 0 Å². The highest BCUT2D eigenvalue weighted by atomic mass is 32.2. The van der Waals surface area contributed by atoms with Gasteiger partial charge in [0.25, 0.3) is 10.2 Å². The Kier molecular flexibility index (Phi) is 5.10. The van der Waals surface area contributed by atoms with Crippen molar-refractivity contribution in [3.8, 4) is 0 Å². The third-order valence-corrected chi connectivity index (χ3v) is 4.52. The van der Waals surface area contributed by atoms with Gasteiger partial charge in [-0.05, 0) is 19.3 Å². The zero-order valence-corrected chi connectivity index (χ0v) is 11.1. The van der Waals surface area contributed by atoms with E-state index in [0.717, 1.165) is 25.7 Å². The van der Waals surface area contributed by atoms with E-state index in [9.17, 15) is 8.42 Å². The molecule has 0 aliphatic carbocycles. The molecule has 0 spiro atoms. The highest BCUT2D eigenvalue weighted by Crippen LogP contribution is 2.19. The van der Waals surface area contributed by atoms with Gasteiger partial charge in [0.1, 0.15) is 0 Å². The van der Waals surface area contributed by atoms with Crippen molar-refractivity contribution in [3.63, 3.8) is 0 Å². The lowest BCUT2D eigenvalue weighted by molar-refractivity contribution is 0.302. The van der Waals surface area contributed by atoms with Crippen molar-refractivity contribution in [2.24, 2.45) is 5.73 Å². The Balaban J connectivity index is 2.78. The van der Waals surface area contributed by atoms with Crippen LogP contribution in [0.4, 0.5) is 0 Å². The largest absolute Gasteiger partial charge is 0.392 e. The number of nitrogens with one attached hydrogen (secondary N) is 1. The normalized spacial score (nSPS) is 23.2. The van der Waals surface area contributed by atoms with Crippen molar-refractivity contribution < 1.29 is 8.42 Å². The van der Waals surface area contributed by atoms with Crippen molar-refractivity contribution in [1.82, 2.24) is 9.03 Å². The van der Waals surface area contributed by atoms with Gasteiger partial charge < -0.3 is 5.73 Å². The summed E-state index contributed by atoms with van der Waals surface area (Å²) in [6.45, 7) is 2.87. The molecule has 0 bridgehead atoms. The van der Waals surface area contributed by atoms with E-state index in [4.69, 9.17) is 18.0 Å². The van der Waals surface area contributed by atoms with Crippen LogP contribution in [0.25, 0.3) is 0 Å². The van der Waals surface area contributed by atoms with Gasteiger partial charge in [0.2, 0.25) is 0 Å². The molecule has 0 saturated carbocycles. The van der Waals surface area contributed by atoms with Crippen LogP contribution in [0.2, 0.25) is 0 Å². The summed E-state index contributed by atoms with van der Waals surface area (Å²) >= 11 is 4.92. The Hall–Kier alpha value is -0.240. The van der Waals surface area contributed by atoms with Gasteiger partial charge in [-0.2, -0.15) is 12.7 Å². The minimum absolute atomic E-state index is 0.265. The van der Waals surface area contributed by atoms with Crippen LogP contribution < -0.4 is 10.5 Å². The Bertz CT molecular complexity index is 343. The maximum absolute atomic E-state index is 12.0. The SMILES string of the molecule is CCCNS(=O)(=O)N1CCCCC1C(N)=S. The molecule has 1 heterocycles. The molecule has 0 aromatic heterocycles. The number of piperidine rings is 1. The predicted molar refractivity (Wildman–Crippen MR) is 68.3 cm³/mol. The van der Waals surface area contributed by atoms with Crippen LogP contribution in [-0.4, -0.2) is 36.8 Å². The average molecular weight is 265 g/mol. The van der Waals surface area contributed by atoms with Crippen molar-refractivity contribution in [1.29, 1.82) is 0 Å². The molecule has 0 aromatic rings. The third-order valence-electron chi connectivity index (χ3n) is 2.63. The number of hydrogen-bond donors (Lipinski definition) is 2. The molecule has 5 nitrogen and oxygen atoms in total. The molecule has 1 atom stereocenters. The summed E-state index contributed by atoms with van der Waals surface area (Å²) in [5.74, 6) is 0. The first-order valence-corrected chi connectivity index (χ1v) is 7.39. The van der Waals surface area contributed by atoms with Gasteiger partial charge in [0.15, 0.2) is 0 Å². The third kappa shape index (κ3) is 3.38. The molecule has 0 aromatic carbocycles. The van der Waals surface area contributed by atoms with Gasteiger partial charge in [0.05, 0.1) is 11.0 Å². The van der Waals surface area contributed by atoms with Gasteiger partial charge in [-0.15, -0.1) is 0 Å². The molecule has 7 heteroatoms. The molecule has 0 radical (unpaired) electrons. The minimum atomic E-state index is -3.42. The fraction of sp³-hybridized carbons (Fsp3) is 0.889. The van der Waals surface area contributed by atoms with E-state index in [0.29, 0.717) is 13.1 Å². The fourth-order valence-electron chi connectivity index (χ4n) is 1.79. The summed E-state index contributed by atoms with van der Waals surface area (Å²) in [7, 11) is -3.42. The van der Waals surface area contributed by atoms with Gasteiger partial charge >= 0.3 is 0 Å². The number of hydrogen-bond acceptors (Lipinski definition) is 3. The van der Waals surface area contributed by atoms with Crippen LogP contribution in [0.5, 0.6) is 0 Å². The number of nitrogens with zero attached hydrogens (tertiary/aromatic N) is 1. The molecule has 1 unspecified atom stereocenters. The number of nitrogens with two attached hydrogens (primary N) is 1. The van der Waals surface area contributed by atoms with E-state index in [1.54, 1.807) is 0 Å². The monoisotopic (exact) mass is 265 g/mol. The Morgan fingerprint density at radius 3 is 2.81 bits per heavy atom. The van der Waals surface area contributed by atoms with E-state index in [1.165, 1.54) is 4.31 Å². The summed E-state index contributed by atoms with van der Waals surface area (Å²) in [4.78, 5) is 0.265. The van der Waals surface area contributed by atoms with Crippen molar-refractivity contribution in [2.75, 3.05) is 13.1 Å². The maximum Gasteiger partial charge on any atom is 0.280 e. The molecule has 1 aliphatic rings. The average Bonchev–Trinajstić information content (AvgIpc) is 2.26. The molecular weight excluding hydrogens is 246 g/mol. The summed E-state index contributed by atoms with van der Waals surface area (Å²) in [5, 5.41) is 0. The van der Waals surface area contributed by atoms with E-state index < -0.39 is 10.2 Å². The first-order valence-electron chi connectivity index (χ1n) is 5.54. The smallest absolute Gasteiger partial charge is 0.280 e. The highest BCUT2D eigenvalue weighted by molar-refractivity contribution is 7.87. The van der Waals surface area contributed by atoms with E-state index in [1.807, 2.05) is 6.92 Å². The molecule has 1 fully saturated rings. The van der Waals surface area contributed by atoms with E-state index in [-0.39, 0.29) is 11.0 Å². The molecule has 94 valence electrons. The summed E-state index contributed by atoms with van der Waals surface area (Å²) < 4.78 is 27.9. The van der Waals surface area contributed by atoms with Crippen LogP contribution in [0.3, 0.4) is 0 Å². The van der Waals surface area contributed by atoms with Crippen molar-refractivity contribution in [2.45, 2.75) is 38.6 Å². The topological polar surface area (TPSA) is 75.4 Å². The first kappa shape index (κ1) is 13.8. The molecule has 1 saturated heterocycles. The second-order valence-corrected chi connectivity index (χ2v) is 6.10. The zero-order valence-electron chi connectivity index (χ0n) is 9.48. The quantitative estimate of drug-likeness (QED) is 0.704. The molecule has 1 rings (SSSR count). The van der Waals surface area contributed by atoms with Gasteiger partial charge in [-0.25, -0.2) is 4.72 Å². The molecule has 0 amide bonds. The molecular formula is C9H19N3O2S2. The fourth-order valence-corrected chi connectivity index (χ4v) is 3.65. The molecule has 1 aliphatic heterocycles. The van der Waals surface area contributed by atoms with Gasteiger partial charge in [0, 0.05) is 13.1 Å². The summed E-state index contributed by atoms with van der Waals surface area (Å²) in [6.07, 6.45) is 3.33. The van der Waals surface area contributed by atoms with Gasteiger partial charge in [-0.1, -0.05) is 25.6 Å². The molecule has 3 N–H and O–H groups in total. The lowest BCUT2D eigenvalue weighted by Gasteiger charge is -2.33. The van der Waals surface area contributed by atoms with Crippen LogP contribution >= 0.6 is 12.2 Å². The van der Waals surface area contributed by atoms with Crippen LogP contribution in [0.1, 0.15) is 32.6 Å². The van der Waals surface area contributed by atoms with Crippen molar-refractivity contribution >= 4 is 27.4 Å². The Morgan fingerprint density at radius 1 is 1.56 bits per heavy atom. The second kappa shape index (κ2) is 5.90. The van der Waals surface area contributed by atoms with Gasteiger partial charge in [-0.3, -0.25) is 0 Å². The predicted octanol–water partition coefficient (Wildman–Crippen LogP) is 0.371. The minimum Gasteiger partial charge on any atom is -0.392 e. The number of rotatable bonds is 5.